The highest BCUT2D eigenvalue weighted by atomic mass is 16.5. The molecule has 1 N–H and O–H groups in total. The number of esters is 2. The molecule has 0 saturated carbocycles. The van der Waals surface area contributed by atoms with E-state index in [0.717, 1.165) is 77.2 Å². The minimum atomic E-state index is -0.116. The summed E-state index contributed by atoms with van der Waals surface area (Å²) in [7, 11) is 1.88. The molecule has 0 rings (SSSR count). The second kappa shape index (κ2) is 35.2. The Morgan fingerprint density at radius 3 is 1.19 bits per heavy atom. The van der Waals surface area contributed by atoms with Gasteiger partial charge in [-0.2, -0.15) is 0 Å². The van der Waals surface area contributed by atoms with Gasteiger partial charge in [0, 0.05) is 6.42 Å². The Morgan fingerprint density at radius 1 is 0.500 bits per heavy atom. The van der Waals surface area contributed by atoms with Crippen LogP contribution in [0.25, 0.3) is 0 Å². The SMILES string of the molecule is CCCCCCCCC(CCCCCC)C(=O)OCCN(CCOC(=O)C(CCCCCC)CCCCCCCC)C(=O)CCCNC. The molecular formula is C41H80N2O5. The molecule has 0 aromatic carbocycles. The Balaban J connectivity index is 5.08. The zero-order valence-electron chi connectivity index (χ0n) is 32.6. The number of nitrogens with one attached hydrogen (secondary N) is 1. The molecule has 2 unspecified atom stereocenters. The first-order valence-electron chi connectivity index (χ1n) is 20.7. The molecule has 0 aliphatic carbocycles. The Bertz CT molecular complexity index is 696. The van der Waals surface area contributed by atoms with Crippen molar-refractivity contribution >= 4 is 17.8 Å². The molecule has 0 spiro atoms. The molecule has 7 heteroatoms. The molecule has 0 aliphatic rings. The predicted molar refractivity (Wildman–Crippen MR) is 202 cm³/mol. The number of hydrogen-bond acceptors (Lipinski definition) is 6. The van der Waals surface area contributed by atoms with E-state index in [-0.39, 0.29) is 42.9 Å². The van der Waals surface area contributed by atoms with Crippen LogP contribution in [-0.4, -0.2) is 62.6 Å². The minimum absolute atomic E-state index is 0.0173. The lowest BCUT2D eigenvalue weighted by Crippen LogP contribution is -2.38. The van der Waals surface area contributed by atoms with Crippen LogP contribution in [-0.2, 0) is 23.9 Å². The van der Waals surface area contributed by atoms with Crippen LogP contribution < -0.4 is 5.32 Å². The first-order chi connectivity index (χ1) is 23.4. The van der Waals surface area contributed by atoms with E-state index in [1.807, 2.05) is 7.05 Å². The maximum absolute atomic E-state index is 13.2. The van der Waals surface area contributed by atoms with Gasteiger partial charge in [0.25, 0.3) is 0 Å². The van der Waals surface area contributed by atoms with Crippen molar-refractivity contribution in [3.05, 3.63) is 0 Å². The van der Waals surface area contributed by atoms with Crippen molar-refractivity contribution < 1.29 is 23.9 Å². The van der Waals surface area contributed by atoms with E-state index in [1.54, 1.807) is 4.90 Å². The molecule has 0 aliphatic heterocycles. The number of carbonyl (C=O) groups excluding carboxylic acids is 3. The molecule has 48 heavy (non-hydrogen) atoms. The fraction of sp³-hybridized carbons (Fsp3) is 0.927. The lowest BCUT2D eigenvalue weighted by molar-refractivity contribution is -0.152. The van der Waals surface area contributed by atoms with Crippen molar-refractivity contribution in [2.24, 2.45) is 11.8 Å². The Hall–Kier alpha value is -1.63. The minimum Gasteiger partial charge on any atom is -0.464 e. The second-order valence-corrected chi connectivity index (χ2v) is 14.1. The van der Waals surface area contributed by atoms with Crippen LogP contribution in [0.3, 0.4) is 0 Å². The quantitative estimate of drug-likeness (QED) is 0.0524. The molecule has 2 atom stereocenters. The lowest BCUT2D eigenvalue weighted by atomic mass is 9.94. The number of ether oxygens (including phenoxy) is 2. The Labute approximate surface area is 297 Å². The zero-order valence-corrected chi connectivity index (χ0v) is 32.6. The van der Waals surface area contributed by atoms with Crippen LogP contribution in [0.4, 0.5) is 0 Å². The maximum atomic E-state index is 13.2. The van der Waals surface area contributed by atoms with Gasteiger partial charge in [0.2, 0.25) is 5.91 Å². The summed E-state index contributed by atoms with van der Waals surface area (Å²) in [4.78, 5) is 41.3. The van der Waals surface area contributed by atoms with E-state index in [2.05, 4.69) is 33.0 Å². The van der Waals surface area contributed by atoms with Gasteiger partial charge in [0.1, 0.15) is 13.2 Å². The van der Waals surface area contributed by atoms with Gasteiger partial charge in [-0.3, -0.25) is 14.4 Å². The molecule has 284 valence electrons. The molecule has 7 nitrogen and oxygen atoms in total. The summed E-state index contributed by atoms with van der Waals surface area (Å²) >= 11 is 0. The van der Waals surface area contributed by atoms with Crippen molar-refractivity contribution in [3.63, 3.8) is 0 Å². The van der Waals surface area contributed by atoms with Crippen LogP contribution in [0.2, 0.25) is 0 Å². The van der Waals surface area contributed by atoms with Gasteiger partial charge >= 0.3 is 11.9 Å². The van der Waals surface area contributed by atoms with Crippen molar-refractivity contribution in [2.45, 2.75) is 195 Å². The highest BCUT2D eigenvalue weighted by Crippen LogP contribution is 2.22. The summed E-state index contributed by atoms with van der Waals surface area (Å²) in [6.07, 6.45) is 28.4. The van der Waals surface area contributed by atoms with Gasteiger partial charge in [-0.15, -0.1) is 0 Å². The fourth-order valence-electron chi connectivity index (χ4n) is 6.42. The predicted octanol–water partition coefficient (Wildman–Crippen LogP) is 10.6. The molecule has 0 aromatic heterocycles. The molecule has 0 bridgehead atoms. The van der Waals surface area contributed by atoms with Gasteiger partial charge < -0.3 is 19.7 Å². The average Bonchev–Trinajstić information content (AvgIpc) is 3.08. The summed E-state index contributed by atoms with van der Waals surface area (Å²) < 4.78 is 11.6. The summed E-state index contributed by atoms with van der Waals surface area (Å²) in [6, 6.07) is 0. The molecular weight excluding hydrogens is 600 g/mol. The third-order valence-corrected chi connectivity index (χ3v) is 9.67. The van der Waals surface area contributed by atoms with Gasteiger partial charge in [0.15, 0.2) is 0 Å². The van der Waals surface area contributed by atoms with E-state index in [0.29, 0.717) is 19.5 Å². The summed E-state index contributed by atoms with van der Waals surface area (Å²) in [6.45, 7) is 10.7. The van der Waals surface area contributed by atoms with Crippen LogP contribution in [0.1, 0.15) is 195 Å². The Kier molecular flexibility index (Phi) is 34.0. The number of hydrogen-bond donors (Lipinski definition) is 1. The van der Waals surface area contributed by atoms with Crippen molar-refractivity contribution in [3.8, 4) is 0 Å². The molecule has 0 aromatic rings. The topological polar surface area (TPSA) is 84.9 Å². The molecule has 0 radical (unpaired) electrons. The van der Waals surface area contributed by atoms with Crippen LogP contribution in [0.5, 0.6) is 0 Å². The molecule has 0 saturated heterocycles. The fourth-order valence-corrected chi connectivity index (χ4v) is 6.42. The second-order valence-electron chi connectivity index (χ2n) is 14.1. The first kappa shape index (κ1) is 46.4. The van der Waals surface area contributed by atoms with Crippen LogP contribution in [0.15, 0.2) is 0 Å². The summed E-state index contributed by atoms with van der Waals surface area (Å²) in [5.74, 6) is -0.336. The smallest absolute Gasteiger partial charge is 0.308 e. The first-order valence-corrected chi connectivity index (χ1v) is 20.7. The third kappa shape index (κ3) is 27.2. The number of amides is 1. The normalized spacial score (nSPS) is 12.5. The van der Waals surface area contributed by atoms with Gasteiger partial charge in [-0.05, 0) is 45.7 Å². The van der Waals surface area contributed by atoms with Crippen molar-refractivity contribution in [1.29, 1.82) is 0 Å². The number of rotatable bonds is 36. The van der Waals surface area contributed by atoms with Crippen molar-refractivity contribution in [1.82, 2.24) is 10.2 Å². The molecule has 1 amide bonds. The highest BCUT2D eigenvalue weighted by molar-refractivity contribution is 5.76. The zero-order chi connectivity index (χ0) is 35.5. The Morgan fingerprint density at radius 2 is 0.833 bits per heavy atom. The van der Waals surface area contributed by atoms with Gasteiger partial charge in [-0.1, -0.05) is 156 Å². The highest BCUT2D eigenvalue weighted by Gasteiger charge is 2.22. The number of nitrogens with zero attached hydrogens (tertiary/aromatic N) is 1. The van der Waals surface area contributed by atoms with E-state index in [1.165, 1.54) is 89.9 Å². The molecule has 0 fully saturated rings. The third-order valence-electron chi connectivity index (χ3n) is 9.67. The van der Waals surface area contributed by atoms with Crippen LogP contribution in [0, 0.1) is 11.8 Å². The monoisotopic (exact) mass is 681 g/mol. The average molecular weight is 681 g/mol. The summed E-state index contributed by atoms with van der Waals surface area (Å²) in [5, 5.41) is 3.10. The van der Waals surface area contributed by atoms with E-state index >= 15 is 0 Å². The summed E-state index contributed by atoms with van der Waals surface area (Å²) in [5.41, 5.74) is 0. The van der Waals surface area contributed by atoms with E-state index < -0.39 is 0 Å². The standard InChI is InChI=1S/C41H80N2O5/c1-6-10-14-18-20-24-29-37(27-22-16-12-8-3)40(45)47-35-33-43(39(44)31-26-32-42-5)34-36-48-41(46)38(28-23-17-13-9-4)30-25-21-19-15-11-7-2/h37-38,42H,6-36H2,1-5H3. The van der Waals surface area contributed by atoms with Gasteiger partial charge in [0.05, 0.1) is 24.9 Å². The number of unbranched alkanes of at least 4 members (excludes halogenated alkanes) is 16. The lowest BCUT2D eigenvalue weighted by Gasteiger charge is -2.24. The van der Waals surface area contributed by atoms with E-state index in [4.69, 9.17) is 9.47 Å². The molecule has 0 heterocycles. The van der Waals surface area contributed by atoms with Crippen LogP contribution >= 0.6 is 0 Å². The van der Waals surface area contributed by atoms with Crippen molar-refractivity contribution in [2.75, 3.05) is 39.9 Å². The number of carbonyl (C=O) groups is 3. The largest absolute Gasteiger partial charge is 0.464 e. The van der Waals surface area contributed by atoms with E-state index in [9.17, 15) is 14.4 Å². The maximum Gasteiger partial charge on any atom is 0.308 e. The van der Waals surface area contributed by atoms with Gasteiger partial charge in [-0.25, -0.2) is 0 Å².